The molecule has 1 unspecified atom stereocenters. The van der Waals surface area contributed by atoms with E-state index in [0.29, 0.717) is 6.04 Å². The van der Waals surface area contributed by atoms with Gasteiger partial charge in [0.15, 0.2) is 3.92 Å². The summed E-state index contributed by atoms with van der Waals surface area (Å²) in [5, 5.41) is 12.1. The highest BCUT2D eigenvalue weighted by Crippen LogP contribution is 2.21. The van der Waals surface area contributed by atoms with Crippen LogP contribution in [0.25, 0.3) is 0 Å². The standard InChI is InChI=1S/C8H14BrN3S2/c1-3-13-5-4-6(2)10-8-12-11-7(9)14-8/h6H,3-5H2,1-2H3,(H,10,12). The van der Waals surface area contributed by atoms with Crippen molar-refractivity contribution in [2.24, 2.45) is 0 Å². The van der Waals surface area contributed by atoms with E-state index in [2.05, 4.69) is 45.3 Å². The van der Waals surface area contributed by atoms with Crippen molar-refractivity contribution in [2.45, 2.75) is 26.3 Å². The molecule has 0 aliphatic heterocycles. The summed E-state index contributed by atoms with van der Waals surface area (Å²) in [7, 11) is 0. The highest BCUT2D eigenvalue weighted by Gasteiger charge is 2.05. The van der Waals surface area contributed by atoms with Crippen LogP contribution < -0.4 is 5.32 Å². The molecule has 1 atom stereocenters. The highest BCUT2D eigenvalue weighted by molar-refractivity contribution is 9.11. The molecule has 1 aromatic heterocycles. The topological polar surface area (TPSA) is 37.8 Å². The lowest BCUT2D eigenvalue weighted by molar-refractivity contribution is 0.767. The molecule has 0 bridgehead atoms. The smallest absolute Gasteiger partial charge is 0.206 e. The van der Waals surface area contributed by atoms with E-state index in [1.807, 2.05) is 11.8 Å². The minimum Gasteiger partial charge on any atom is -0.358 e. The Hall–Kier alpha value is 0.190. The zero-order valence-electron chi connectivity index (χ0n) is 8.29. The molecule has 0 amide bonds. The van der Waals surface area contributed by atoms with Gasteiger partial charge in [0.25, 0.3) is 0 Å². The molecule has 0 radical (unpaired) electrons. The van der Waals surface area contributed by atoms with Gasteiger partial charge >= 0.3 is 0 Å². The van der Waals surface area contributed by atoms with Gasteiger partial charge in [0, 0.05) is 6.04 Å². The summed E-state index contributed by atoms with van der Waals surface area (Å²) >= 11 is 6.79. The number of nitrogens with zero attached hydrogens (tertiary/aromatic N) is 2. The molecule has 14 heavy (non-hydrogen) atoms. The third-order valence-corrected chi connectivity index (χ3v) is 3.89. The zero-order valence-corrected chi connectivity index (χ0v) is 11.5. The molecule has 0 aliphatic carbocycles. The van der Waals surface area contributed by atoms with E-state index in [9.17, 15) is 0 Å². The Kier molecular flexibility index (Phi) is 5.81. The molecule has 0 aliphatic rings. The van der Waals surface area contributed by atoms with Crippen LogP contribution in [-0.4, -0.2) is 27.7 Å². The van der Waals surface area contributed by atoms with E-state index < -0.39 is 0 Å². The number of nitrogens with one attached hydrogen (secondary N) is 1. The first-order valence-electron chi connectivity index (χ1n) is 4.55. The predicted molar refractivity (Wildman–Crippen MR) is 68.3 cm³/mol. The predicted octanol–water partition coefficient (Wildman–Crippen LogP) is 3.24. The third-order valence-electron chi connectivity index (χ3n) is 1.67. The second-order valence-electron chi connectivity index (χ2n) is 2.89. The van der Waals surface area contributed by atoms with Crippen LogP contribution in [-0.2, 0) is 0 Å². The summed E-state index contributed by atoms with van der Waals surface area (Å²) in [6.07, 6.45) is 1.16. The molecule has 1 heterocycles. The third kappa shape index (κ3) is 4.61. The Bertz CT molecular complexity index is 267. The van der Waals surface area contributed by atoms with Gasteiger partial charge in [0.1, 0.15) is 0 Å². The van der Waals surface area contributed by atoms with Crippen LogP contribution in [0, 0.1) is 0 Å². The highest BCUT2D eigenvalue weighted by atomic mass is 79.9. The van der Waals surface area contributed by atoms with Crippen LogP contribution in [0.1, 0.15) is 20.3 Å². The van der Waals surface area contributed by atoms with E-state index in [1.54, 1.807) is 0 Å². The number of hydrogen-bond acceptors (Lipinski definition) is 5. The fourth-order valence-corrected chi connectivity index (χ4v) is 2.88. The first-order chi connectivity index (χ1) is 6.72. The molecular weight excluding hydrogens is 282 g/mol. The summed E-state index contributed by atoms with van der Waals surface area (Å²) < 4.78 is 0.829. The molecular formula is C8H14BrN3S2. The molecule has 3 nitrogen and oxygen atoms in total. The summed E-state index contributed by atoms with van der Waals surface area (Å²) in [4.78, 5) is 0. The van der Waals surface area contributed by atoms with E-state index in [0.717, 1.165) is 15.5 Å². The fourth-order valence-electron chi connectivity index (χ4n) is 0.951. The Morgan fingerprint density at radius 2 is 2.36 bits per heavy atom. The van der Waals surface area contributed by atoms with Crippen molar-refractivity contribution in [3.8, 4) is 0 Å². The Labute approximate surface area is 101 Å². The fraction of sp³-hybridized carbons (Fsp3) is 0.750. The molecule has 0 fully saturated rings. The summed E-state index contributed by atoms with van der Waals surface area (Å²) in [6.45, 7) is 4.36. The molecule has 6 heteroatoms. The minimum absolute atomic E-state index is 0.467. The molecule has 80 valence electrons. The van der Waals surface area contributed by atoms with E-state index in [1.165, 1.54) is 22.8 Å². The second-order valence-corrected chi connectivity index (χ2v) is 6.54. The molecule has 0 saturated carbocycles. The minimum atomic E-state index is 0.467. The maximum atomic E-state index is 3.99. The van der Waals surface area contributed by atoms with Gasteiger partial charge in [-0.25, -0.2) is 0 Å². The van der Waals surface area contributed by atoms with Gasteiger partial charge in [-0.2, -0.15) is 11.8 Å². The van der Waals surface area contributed by atoms with Crippen molar-refractivity contribution >= 4 is 44.2 Å². The SMILES string of the molecule is CCSCCC(C)Nc1nnc(Br)s1. The number of rotatable bonds is 6. The van der Waals surface area contributed by atoms with Crippen molar-refractivity contribution in [1.82, 2.24) is 10.2 Å². The lowest BCUT2D eigenvalue weighted by Gasteiger charge is -2.11. The summed E-state index contributed by atoms with van der Waals surface area (Å²) in [5.74, 6) is 2.39. The molecule has 0 aromatic carbocycles. The maximum absolute atomic E-state index is 3.99. The quantitative estimate of drug-likeness (QED) is 0.818. The first-order valence-corrected chi connectivity index (χ1v) is 7.32. The van der Waals surface area contributed by atoms with Crippen LogP contribution in [0.5, 0.6) is 0 Å². The van der Waals surface area contributed by atoms with Crippen LogP contribution in [0.3, 0.4) is 0 Å². The maximum Gasteiger partial charge on any atom is 0.206 e. The molecule has 0 saturated heterocycles. The van der Waals surface area contributed by atoms with Crippen LogP contribution in [0.15, 0.2) is 3.92 Å². The van der Waals surface area contributed by atoms with E-state index >= 15 is 0 Å². The largest absolute Gasteiger partial charge is 0.358 e. The van der Waals surface area contributed by atoms with Crippen molar-refractivity contribution in [3.63, 3.8) is 0 Å². The van der Waals surface area contributed by atoms with E-state index in [-0.39, 0.29) is 0 Å². The number of anilines is 1. The number of thioether (sulfide) groups is 1. The van der Waals surface area contributed by atoms with Gasteiger partial charge in [-0.05, 0) is 40.8 Å². The molecule has 1 aromatic rings. The van der Waals surface area contributed by atoms with Crippen molar-refractivity contribution in [3.05, 3.63) is 3.92 Å². The average molecular weight is 296 g/mol. The average Bonchev–Trinajstić information content (AvgIpc) is 2.52. The number of hydrogen-bond donors (Lipinski definition) is 1. The van der Waals surface area contributed by atoms with E-state index in [4.69, 9.17) is 0 Å². The lowest BCUT2D eigenvalue weighted by Crippen LogP contribution is -2.15. The molecule has 1 rings (SSSR count). The second kappa shape index (κ2) is 6.63. The van der Waals surface area contributed by atoms with Crippen molar-refractivity contribution < 1.29 is 0 Å². The Morgan fingerprint density at radius 1 is 1.57 bits per heavy atom. The van der Waals surface area contributed by atoms with Gasteiger partial charge in [-0.1, -0.05) is 18.3 Å². The van der Waals surface area contributed by atoms with Gasteiger partial charge in [0.05, 0.1) is 0 Å². The molecule has 0 spiro atoms. The number of aromatic nitrogens is 2. The monoisotopic (exact) mass is 295 g/mol. The Morgan fingerprint density at radius 3 is 2.93 bits per heavy atom. The summed E-state index contributed by atoms with van der Waals surface area (Å²) in [6, 6.07) is 0.467. The van der Waals surface area contributed by atoms with Crippen molar-refractivity contribution in [2.75, 3.05) is 16.8 Å². The van der Waals surface area contributed by atoms with Crippen molar-refractivity contribution in [1.29, 1.82) is 0 Å². The van der Waals surface area contributed by atoms with Gasteiger partial charge in [0.2, 0.25) is 5.13 Å². The number of halogens is 1. The summed E-state index contributed by atoms with van der Waals surface area (Å²) in [5.41, 5.74) is 0. The normalized spacial score (nSPS) is 12.8. The Balaban J connectivity index is 2.23. The van der Waals surface area contributed by atoms with Crippen LogP contribution >= 0.6 is 39.0 Å². The zero-order chi connectivity index (χ0) is 10.4. The van der Waals surface area contributed by atoms with Gasteiger partial charge in [-0.15, -0.1) is 10.2 Å². The molecule has 1 N–H and O–H groups in total. The first kappa shape index (κ1) is 12.3. The van der Waals surface area contributed by atoms with Gasteiger partial charge in [-0.3, -0.25) is 0 Å². The lowest BCUT2D eigenvalue weighted by atomic mass is 10.3. The van der Waals surface area contributed by atoms with Crippen LogP contribution in [0.2, 0.25) is 0 Å². The van der Waals surface area contributed by atoms with Crippen LogP contribution in [0.4, 0.5) is 5.13 Å². The van der Waals surface area contributed by atoms with Gasteiger partial charge < -0.3 is 5.32 Å².